The summed E-state index contributed by atoms with van der Waals surface area (Å²) in [7, 11) is 0. The fourth-order valence-corrected chi connectivity index (χ4v) is 3.59. The maximum atomic E-state index is 12.4. The van der Waals surface area contributed by atoms with E-state index in [1.807, 2.05) is 69.3 Å². The average molecular weight is 444 g/mol. The van der Waals surface area contributed by atoms with Gasteiger partial charge in [0.15, 0.2) is 0 Å². The van der Waals surface area contributed by atoms with Crippen molar-refractivity contribution in [2.24, 2.45) is 4.99 Å². The predicted molar refractivity (Wildman–Crippen MR) is 129 cm³/mol. The molecule has 0 saturated carbocycles. The van der Waals surface area contributed by atoms with Crippen molar-refractivity contribution in [3.8, 4) is 0 Å². The zero-order valence-electron chi connectivity index (χ0n) is 19.3. The quantitative estimate of drug-likeness (QED) is 0.495. The first-order valence-electron chi connectivity index (χ1n) is 11.1. The van der Waals surface area contributed by atoms with E-state index in [1.54, 1.807) is 11.1 Å². The summed E-state index contributed by atoms with van der Waals surface area (Å²) in [4.78, 5) is 23.6. The van der Waals surface area contributed by atoms with Crippen molar-refractivity contribution in [3.63, 3.8) is 0 Å². The van der Waals surface area contributed by atoms with Crippen molar-refractivity contribution < 1.29 is 14.3 Å². The largest absolute Gasteiger partial charge is 0.444 e. The molecular formula is C27H29N3O3. The van der Waals surface area contributed by atoms with Crippen molar-refractivity contribution in [2.45, 2.75) is 32.5 Å². The van der Waals surface area contributed by atoms with Crippen molar-refractivity contribution >= 4 is 17.5 Å². The highest BCUT2D eigenvalue weighted by Crippen LogP contribution is 2.24. The maximum absolute atomic E-state index is 12.4. The van der Waals surface area contributed by atoms with Gasteiger partial charge in [0, 0.05) is 17.7 Å². The van der Waals surface area contributed by atoms with Gasteiger partial charge in [-0.05, 0) is 32.9 Å². The number of carbonyl (C=O) groups excluding carboxylic acids is 1. The Bertz CT molecular complexity index is 1050. The molecule has 0 N–H and O–H groups in total. The van der Waals surface area contributed by atoms with Gasteiger partial charge in [0.05, 0.1) is 36.4 Å². The van der Waals surface area contributed by atoms with Crippen LogP contribution in [0, 0.1) is 0 Å². The molecular weight excluding hydrogens is 414 g/mol. The number of aromatic nitrogens is 1. The lowest BCUT2D eigenvalue weighted by molar-refractivity contribution is -0.0447. The van der Waals surface area contributed by atoms with E-state index >= 15 is 0 Å². The van der Waals surface area contributed by atoms with E-state index in [4.69, 9.17) is 14.5 Å². The predicted octanol–water partition coefficient (Wildman–Crippen LogP) is 5.56. The fourth-order valence-electron chi connectivity index (χ4n) is 3.59. The molecule has 1 fully saturated rings. The summed E-state index contributed by atoms with van der Waals surface area (Å²) < 4.78 is 11.4. The van der Waals surface area contributed by atoms with E-state index in [0.29, 0.717) is 19.7 Å². The fraction of sp³-hybridized carbons (Fsp3) is 0.296. The van der Waals surface area contributed by atoms with Crippen LogP contribution in [0.1, 0.15) is 43.7 Å². The first-order valence-corrected chi connectivity index (χ1v) is 11.1. The van der Waals surface area contributed by atoms with Gasteiger partial charge in [-0.2, -0.15) is 0 Å². The highest BCUT2D eigenvalue weighted by atomic mass is 16.6. The number of amides is 1. The molecule has 1 atom stereocenters. The molecule has 2 heterocycles. The molecule has 0 aliphatic carbocycles. The Morgan fingerprint density at radius 3 is 2.18 bits per heavy atom. The van der Waals surface area contributed by atoms with Crippen molar-refractivity contribution in [1.29, 1.82) is 0 Å². The van der Waals surface area contributed by atoms with Crippen molar-refractivity contribution in [2.75, 3.05) is 19.7 Å². The summed E-state index contributed by atoms with van der Waals surface area (Å²) in [5, 5.41) is 0. The number of rotatable bonds is 4. The minimum absolute atomic E-state index is 0.299. The van der Waals surface area contributed by atoms with Crippen LogP contribution < -0.4 is 0 Å². The summed E-state index contributed by atoms with van der Waals surface area (Å²) in [6.07, 6.45) is 1.12. The third-order valence-electron chi connectivity index (χ3n) is 5.15. The van der Waals surface area contributed by atoms with E-state index in [0.717, 1.165) is 28.2 Å². The molecule has 33 heavy (non-hydrogen) atoms. The molecule has 2 aromatic carbocycles. The Labute approximate surface area is 194 Å². The Morgan fingerprint density at radius 1 is 1.00 bits per heavy atom. The van der Waals surface area contributed by atoms with Gasteiger partial charge in [-0.1, -0.05) is 60.7 Å². The highest BCUT2D eigenvalue weighted by molar-refractivity contribution is 6.13. The third kappa shape index (κ3) is 6.05. The average Bonchev–Trinajstić information content (AvgIpc) is 2.83. The number of nitrogens with zero attached hydrogens (tertiary/aromatic N) is 3. The Balaban J connectivity index is 1.53. The number of pyridine rings is 1. The van der Waals surface area contributed by atoms with Crippen LogP contribution >= 0.6 is 0 Å². The molecule has 170 valence electrons. The van der Waals surface area contributed by atoms with Crippen LogP contribution in [0.15, 0.2) is 84.0 Å². The first-order chi connectivity index (χ1) is 15.9. The molecule has 0 spiro atoms. The number of morpholine rings is 1. The normalized spacial score (nSPS) is 16.2. The molecule has 6 heteroatoms. The van der Waals surface area contributed by atoms with Gasteiger partial charge in [0.25, 0.3) is 0 Å². The number of benzene rings is 2. The molecule has 1 saturated heterocycles. The minimum Gasteiger partial charge on any atom is -0.444 e. The Hall–Kier alpha value is -3.51. The van der Waals surface area contributed by atoms with Gasteiger partial charge in [-0.15, -0.1) is 0 Å². The van der Waals surface area contributed by atoms with Crippen molar-refractivity contribution in [1.82, 2.24) is 9.88 Å². The summed E-state index contributed by atoms with van der Waals surface area (Å²) in [6, 6.07) is 24.1. The van der Waals surface area contributed by atoms with Crippen LogP contribution in [0.25, 0.3) is 0 Å². The van der Waals surface area contributed by atoms with Gasteiger partial charge < -0.3 is 14.4 Å². The molecule has 1 aromatic heterocycles. The van der Waals surface area contributed by atoms with Gasteiger partial charge in [-0.3, -0.25) is 4.98 Å². The molecule has 1 aliphatic heterocycles. The van der Waals surface area contributed by atoms with E-state index in [-0.39, 0.29) is 12.2 Å². The minimum atomic E-state index is -0.530. The summed E-state index contributed by atoms with van der Waals surface area (Å²) in [6.45, 7) is 6.95. The van der Waals surface area contributed by atoms with Gasteiger partial charge in [0.2, 0.25) is 0 Å². The van der Waals surface area contributed by atoms with E-state index in [9.17, 15) is 4.79 Å². The van der Waals surface area contributed by atoms with Crippen LogP contribution in [0.4, 0.5) is 10.5 Å². The third-order valence-corrected chi connectivity index (χ3v) is 5.15. The first kappa shape index (κ1) is 22.7. The number of hydrogen-bond acceptors (Lipinski definition) is 5. The number of ether oxygens (including phenoxy) is 2. The van der Waals surface area contributed by atoms with Crippen LogP contribution in [-0.4, -0.2) is 47.0 Å². The molecule has 1 unspecified atom stereocenters. The summed E-state index contributed by atoms with van der Waals surface area (Å²) in [5.74, 6) is 0. The second-order valence-electron chi connectivity index (χ2n) is 8.92. The molecule has 0 bridgehead atoms. The van der Waals surface area contributed by atoms with E-state index in [1.165, 1.54) is 0 Å². The maximum Gasteiger partial charge on any atom is 0.410 e. The molecule has 0 radical (unpaired) electrons. The van der Waals surface area contributed by atoms with Crippen LogP contribution in [0.2, 0.25) is 0 Å². The summed E-state index contributed by atoms with van der Waals surface area (Å²) in [5.41, 5.74) is 3.95. The molecule has 1 amide bonds. The zero-order chi connectivity index (χ0) is 23.3. The SMILES string of the molecule is CC(C)(C)OC(=O)N1CCOC(c2ccc(N=C(c3ccccc3)c3ccccc3)cn2)C1. The van der Waals surface area contributed by atoms with Gasteiger partial charge in [-0.25, -0.2) is 9.79 Å². The Kier molecular flexibility index (Phi) is 6.84. The van der Waals surface area contributed by atoms with E-state index in [2.05, 4.69) is 29.2 Å². The van der Waals surface area contributed by atoms with Crippen LogP contribution in [-0.2, 0) is 9.47 Å². The molecule has 6 nitrogen and oxygen atoms in total. The van der Waals surface area contributed by atoms with Crippen LogP contribution in [0.5, 0.6) is 0 Å². The van der Waals surface area contributed by atoms with Crippen LogP contribution in [0.3, 0.4) is 0 Å². The number of aliphatic imine (C=N–C) groups is 1. The number of hydrogen-bond donors (Lipinski definition) is 0. The lowest BCUT2D eigenvalue weighted by atomic mass is 10.0. The molecule has 3 aromatic rings. The smallest absolute Gasteiger partial charge is 0.410 e. The second kappa shape index (κ2) is 9.96. The van der Waals surface area contributed by atoms with Crippen molar-refractivity contribution in [3.05, 3.63) is 95.8 Å². The number of carbonyl (C=O) groups is 1. The van der Waals surface area contributed by atoms with Gasteiger partial charge >= 0.3 is 6.09 Å². The molecule has 1 aliphatic rings. The van der Waals surface area contributed by atoms with Gasteiger partial charge in [0.1, 0.15) is 11.7 Å². The Morgan fingerprint density at radius 2 is 1.64 bits per heavy atom. The summed E-state index contributed by atoms with van der Waals surface area (Å²) >= 11 is 0. The standard InChI is InChI=1S/C27H29N3O3/c1-27(2,3)33-26(31)30-16-17-32-24(19-30)23-15-14-22(18-28-23)29-25(20-10-6-4-7-11-20)21-12-8-5-9-13-21/h4-15,18,24H,16-17,19H2,1-3H3. The highest BCUT2D eigenvalue weighted by Gasteiger charge is 2.29. The lowest BCUT2D eigenvalue weighted by Crippen LogP contribution is -2.44. The monoisotopic (exact) mass is 443 g/mol. The zero-order valence-corrected chi connectivity index (χ0v) is 19.3. The lowest BCUT2D eigenvalue weighted by Gasteiger charge is -2.34. The van der Waals surface area contributed by atoms with E-state index < -0.39 is 5.60 Å². The second-order valence-corrected chi connectivity index (χ2v) is 8.92. The molecule has 4 rings (SSSR count). The topological polar surface area (TPSA) is 64.0 Å².